The number of hydrogen-bond donors (Lipinski definition) is 0. The summed E-state index contributed by atoms with van der Waals surface area (Å²) in [5.41, 5.74) is 2.31. The van der Waals surface area contributed by atoms with Gasteiger partial charge in [0.15, 0.2) is 0 Å². The van der Waals surface area contributed by atoms with Gasteiger partial charge in [-0.15, -0.1) is 5.10 Å². The van der Waals surface area contributed by atoms with Crippen molar-refractivity contribution in [3.8, 4) is 0 Å². The molecule has 3 aromatic rings. The van der Waals surface area contributed by atoms with Crippen LogP contribution in [0.3, 0.4) is 0 Å². The highest BCUT2D eigenvalue weighted by atomic mass is 16.2. The lowest BCUT2D eigenvalue weighted by Crippen LogP contribution is -2.39. The normalized spacial score (nSPS) is 15.0. The van der Waals surface area contributed by atoms with Gasteiger partial charge in [0.1, 0.15) is 11.3 Å². The first-order valence-electron chi connectivity index (χ1n) is 9.94. The maximum atomic E-state index is 12.6. The molecule has 0 spiro atoms. The number of piperidine rings is 1. The molecule has 3 heterocycles. The summed E-state index contributed by atoms with van der Waals surface area (Å²) in [5, 5.41) is 8.54. The van der Waals surface area contributed by atoms with Crippen LogP contribution in [0.4, 0.5) is 0 Å². The number of carbonyl (C=O) groups excluding carboxylic acids is 1. The summed E-state index contributed by atoms with van der Waals surface area (Å²) in [7, 11) is 0. The number of fused-ring (bicyclic) bond motifs is 1. The molecule has 8 heteroatoms. The van der Waals surface area contributed by atoms with Gasteiger partial charge in [-0.25, -0.2) is 14.6 Å². The second-order valence-corrected chi connectivity index (χ2v) is 7.55. The van der Waals surface area contributed by atoms with Crippen molar-refractivity contribution in [3.05, 3.63) is 57.9 Å². The van der Waals surface area contributed by atoms with Crippen molar-refractivity contribution in [1.29, 1.82) is 0 Å². The predicted molar refractivity (Wildman–Crippen MR) is 108 cm³/mol. The summed E-state index contributed by atoms with van der Waals surface area (Å²) in [4.78, 5) is 36.1. The first-order valence-corrected chi connectivity index (χ1v) is 9.94. The van der Waals surface area contributed by atoms with E-state index in [9.17, 15) is 9.59 Å². The topological polar surface area (TPSA) is 93.9 Å². The average molecular weight is 392 g/mol. The molecule has 0 radical (unpaired) electrons. The van der Waals surface area contributed by atoms with Gasteiger partial charge in [-0.05, 0) is 44.9 Å². The number of rotatable bonds is 4. The number of hydrogen-bond acceptors (Lipinski definition) is 6. The van der Waals surface area contributed by atoms with Gasteiger partial charge < -0.3 is 4.90 Å². The van der Waals surface area contributed by atoms with Crippen molar-refractivity contribution in [2.75, 3.05) is 13.1 Å². The van der Waals surface area contributed by atoms with E-state index < -0.39 is 0 Å². The minimum absolute atomic E-state index is 0.0339. The predicted octanol–water partition coefficient (Wildman–Crippen LogP) is 1.99. The molecule has 1 fully saturated rings. The van der Waals surface area contributed by atoms with Crippen LogP contribution in [-0.4, -0.2) is 48.9 Å². The summed E-state index contributed by atoms with van der Waals surface area (Å²) in [6.07, 6.45) is 1.94. The zero-order valence-electron chi connectivity index (χ0n) is 16.7. The summed E-state index contributed by atoms with van der Waals surface area (Å²) in [6, 6.07) is 9.06. The molecule has 1 aromatic carbocycles. The molecule has 8 nitrogen and oxygen atoms in total. The molecular formula is C21H24N6O2. The first-order chi connectivity index (χ1) is 14.0. The second kappa shape index (κ2) is 8.06. The molecule has 29 heavy (non-hydrogen) atoms. The minimum Gasteiger partial charge on any atom is -0.343 e. The zero-order valence-corrected chi connectivity index (χ0v) is 16.7. The highest BCUT2D eigenvalue weighted by Crippen LogP contribution is 2.26. The Morgan fingerprint density at radius 2 is 1.79 bits per heavy atom. The SMILES string of the molecule is Cc1cc(C)nc(C2CCN(C(=O)CCn3nnc4ccccc4c3=O)CC2)n1. The zero-order chi connectivity index (χ0) is 20.4. The third kappa shape index (κ3) is 4.16. The summed E-state index contributed by atoms with van der Waals surface area (Å²) >= 11 is 0. The smallest absolute Gasteiger partial charge is 0.277 e. The molecule has 0 N–H and O–H groups in total. The van der Waals surface area contributed by atoms with Gasteiger partial charge in [-0.2, -0.15) is 0 Å². The molecule has 0 atom stereocenters. The van der Waals surface area contributed by atoms with E-state index in [-0.39, 0.29) is 30.3 Å². The standard InChI is InChI=1S/C21H24N6O2/c1-14-13-15(2)23-20(22-14)16-7-10-26(11-8-16)19(28)9-12-27-21(29)17-5-3-4-6-18(17)24-25-27/h3-6,13,16H,7-12H2,1-2H3. The van der Waals surface area contributed by atoms with Gasteiger partial charge in [0.05, 0.1) is 11.9 Å². The molecule has 0 unspecified atom stereocenters. The second-order valence-electron chi connectivity index (χ2n) is 7.55. The van der Waals surface area contributed by atoms with Gasteiger partial charge in [-0.1, -0.05) is 17.3 Å². The van der Waals surface area contributed by atoms with E-state index in [4.69, 9.17) is 0 Å². The van der Waals surface area contributed by atoms with E-state index in [0.29, 0.717) is 24.0 Å². The number of nitrogens with zero attached hydrogens (tertiary/aromatic N) is 6. The molecule has 0 aliphatic carbocycles. The van der Waals surface area contributed by atoms with Crippen LogP contribution >= 0.6 is 0 Å². The van der Waals surface area contributed by atoms with E-state index in [2.05, 4.69) is 20.3 Å². The highest BCUT2D eigenvalue weighted by Gasteiger charge is 2.25. The molecule has 2 aromatic heterocycles. The molecule has 1 aliphatic rings. The van der Waals surface area contributed by atoms with Crippen molar-refractivity contribution in [3.63, 3.8) is 0 Å². The Morgan fingerprint density at radius 1 is 1.10 bits per heavy atom. The summed E-state index contributed by atoms with van der Waals surface area (Å²) < 4.78 is 1.27. The van der Waals surface area contributed by atoms with E-state index in [0.717, 1.165) is 30.1 Å². The molecule has 1 aliphatic heterocycles. The molecular weight excluding hydrogens is 368 g/mol. The first kappa shape index (κ1) is 19.2. The number of amides is 1. The van der Waals surface area contributed by atoms with Crippen LogP contribution in [-0.2, 0) is 11.3 Å². The Bertz CT molecular complexity index is 1080. The van der Waals surface area contributed by atoms with Crippen molar-refractivity contribution < 1.29 is 4.79 Å². The van der Waals surface area contributed by atoms with Crippen LogP contribution in [0.5, 0.6) is 0 Å². The maximum Gasteiger partial charge on any atom is 0.277 e. The fourth-order valence-electron chi connectivity index (χ4n) is 3.85. The van der Waals surface area contributed by atoms with Crippen LogP contribution in [0.2, 0.25) is 0 Å². The highest BCUT2D eigenvalue weighted by molar-refractivity contribution is 5.77. The average Bonchev–Trinajstić information content (AvgIpc) is 2.73. The van der Waals surface area contributed by atoms with Crippen molar-refractivity contribution in [2.24, 2.45) is 0 Å². The van der Waals surface area contributed by atoms with Crippen LogP contribution in [0.1, 0.15) is 42.4 Å². The number of aryl methyl sites for hydroxylation is 3. The van der Waals surface area contributed by atoms with Crippen molar-refractivity contribution in [1.82, 2.24) is 29.9 Å². The Labute approximate surface area is 168 Å². The molecule has 1 saturated heterocycles. The Balaban J connectivity index is 1.36. The van der Waals surface area contributed by atoms with E-state index in [1.54, 1.807) is 18.2 Å². The largest absolute Gasteiger partial charge is 0.343 e. The van der Waals surface area contributed by atoms with E-state index >= 15 is 0 Å². The van der Waals surface area contributed by atoms with Crippen LogP contribution in [0.15, 0.2) is 35.1 Å². The maximum absolute atomic E-state index is 12.6. The van der Waals surface area contributed by atoms with E-state index in [1.807, 2.05) is 30.9 Å². The number of aromatic nitrogens is 5. The van der Waals surface area contributed by atoms with Crippen molar-refractivity contribution >= 4 is 16.8 Å². The van der Waals surface area contributed by atoms with Crippen LogP contribution in [0.25, 0.3) is 10.9 Å². The van der Waals surface area contributed by atoms with Crippen molar-refractivity contribution in [2.45, 2.75) is 45.6 Å². The monoisotopic (exact) mass is 392 g/mol. The molecule has 1 amide bonds. The summed E-state index contributed by atoms with van der Waals surface area (Å²) in [6.45, 7) is 5.55. The quantitative estimate of drug-likeness (QED) is 0.674. The van der Waals surface area contributed by atoms with Gasteiger partial charge in [0.25, 0.3) is 5.56 Å². The van der Waals surface area contributed by atoms with E-state index in [1.165, 1.54) is 4.68 Å². The van der Waals surface area contributed by atoms with Gasteiger partial charge in [0.2, 0.25) is 5.91 Å². The molecule has 0 bridgehead atoms. The van der Waals surface area contributed by atoms with Gasteiger partial charge in [0, 0.05) is 36.8 Å². The number of carbonyl (C=O) groups is 1. The van der Waals surface area contributed by atoms with Crippen LogP contribution in [0, 0.1) is 13.8 Å². The fraction of sp³-hybridized carbons (Fsp3) is 0.429. The Morgan fingerprint density at radius 3 is 2.52 bits per heavy atom. The lowest BCUT2D eigenvalue weighted by Gasteiger charge is -2.31. The lowest BCUT2D eigenvalue weighted by atomic mass is 9.95. The minimum atomic E-state index is -0.214. The van der Waals surface area contributed by atoms with Crippen LogP contribution < -0.4 is 5.56 Å². The summed E-state index contributed by atoms with van der Waals surface area (Å²) in [5.74, 6) is 1.20. The molecule has 0 saturated carbocycles. The third-order valence-electron chi connectivity index (χ3n) is 5.38. The number of likely N-dealkylation sites (tertiary alicyclic amines) is 1. The number of benzene rings is 1. The Kier molecular flexibility index (Phi) is 5.33. The Hall–Kier alpha value is -3.16. The molecule has 4 rings (SSSR count). The van der Waals surface area contributed by atoms with Gasteiger partial charge in [-0.3, -0.25) is 9.59 Å². The third-order valence-corrected chi connectivity index (χ3v) is 5.38. The molecule has 150 valence electrons. The fourth-order valence-corrected chi connectivity index (χ4v) is 3.85. The lowest BCUT2D eigenvalue weighted by molar-refractivity contribution is -0.132. The van der Waals surface area contributed by atoms with Gasteiger partial charge >= 0.3 is 0 Å².